The number of aryl methyl sites for hydroxylation is 1. The average molecular weight is 418 g/mol. The SMILES string of the molecule is Cc1ccc(-c2nn(-c3ccc(F)cc3)cc2C(=O)Nc2cnn(CC(N)=O)c2)cc1. The molecule has 2 aromatic heterocycles. The fourth-order valence-electron chi connectivity index (χ4n) is 3.06. The number of benzene rings is 2. The van der Waals surface area contributed by atoms with Gasteiger partial charge in [-0.15, -0.1) is 0 Å². The van der Waals surface area contributed by atoms with Gasteiger partial charge in [0.05, 0.1) is 23.1 Å². The molecule has 0 bridgehead atoms. The van der Waals surface area contributed by atoms with Crippen molar-refractivity contribution in [2.75, 3.05) is 5.32 Å². The van der Waals surface area contributed by atoms with E-state index in [2.05, 4.69) is 15.5 Å². The molecular weight excluding hydrogens is 399 g/mol. The van der Waals surface area contributed by atoms with Crippen molar-refractivity contribution >= 4 is 17.5 Å². The second kappa shape index (κ2) is 8.23. The van der Waals surface area contributed by atoms with Crippen LogP contribution in [0.2, 0.25) is 0 Å². The van der Waals surface area contributed by atoms with Gasteiger partial charge in [0.15, 0.2) is 0 Å². The fourth-order valence-corrected chi connectivity index (χ4v) is 3.06. The van der Waals surface area contributed by atoms with Gasteiger partial charge < -0.3 is 11.1 Å². The lowest BCUT2D eigenvalue weighted by Gasteiger charge is -2.04. The molecule has 4 aromatic rings. The van der Waals surface area contributed by atoms with E-state index in [1.165, 1.54) is 33.9 Å². The smallest absolute Gasteiger partial charge is 0.259 e. The highest BCUT2D eigenvalue weighted by molar-refractivity contribution is 6.08. The molecule has 2 heterocycles. The average Bonchev–Trinajstić information content (AvgIpc) is 3.36. The number of aromatic nitrogens is 4. The normalized spacial score (nSPS) is 10.8. The summed E-state index contributed by atoms with van der Waals surface area (Å²) in [5, 5.41) is 11.3. The van der Waals surface area contributed by atoms with E-state index in [1.807, 2.05) is 31.2 Å². The number of carbonyl (C=O) groups is 2. The summed E-state index contributed by atoms with van der Waals surface area (Å²) in [7, 11) is 0. The molecule has 0 aliphatic carbocycles. The monoisotopic (exact) mass is 418 g/mol. The number of primary amides is 1. The van der Waals surface area contributed by atoms with Gasteiger partial charge in [-0.3, -0.25) is 14.3 Å². The summed E-state index contributed by atoms with van der Waals surface area (Å²) in [5.74, 6) is -1.30. The number of rotatable bonds is 6. The largest absolute Gasteiger partial charge is 0.368 e. The van der Waals surface area contributed by atoms with Gasteiger partial charge in [0.25, 0.3) is 5.91 Å². The minimum absolute atomic E-state index is 0.0903. The standard InChI is InChI=1S/C22H19FN6O2/c1-14-2-4-15(5-3-14)21-19(12-29(27-21)18-8-6-16(23)7-9-18)22(31)26-17-10-25-28(11-17)13-20(24)30/h2-12H,13H2,1H3,(H2,24,30)(H,26,31). The molecule has 0 saturated heterocycles. The van der Waals surface area contributed by atoms with Gasteiger partial charge in [0.1, 0.15) is 18.1 Å². The topological polar surface area (TPSA) is 108 Å². The minimum atomic E-state index is -0.539. The summed E-state index contributed by atoms with van der Waals surface area (Å²) in [6, 6.07) is 13.4. The van der Waals surface area contributed by atoms with Gasteiger partial charge in [0.2, 0.25) is 5.91 Å². The summed E-state index contributed by atoms with van der Waals surface area (Å²) in [6.45, 7) is 1.88. The quantitative estimate of drug-likeness (QED) is 0.502. The Morgan fingerprint density at radius 3 is 2.45 bits per heavy atom. The molecule has 9 heteroatoms. The molecule has 0 aliphatic rings. The Morgan fingerprint density at radius 2 is 1.77 bits per heavy atom. The number of hydrogen-bond donors (Lipinski definition) is 2. The Kier molecular flexibility index (Phi) is 5.31. The Hall–Kier alpha value is -4.27. The molecule has 156 valence electrons. The lowest BCUT2D eigenvalue weighted by atomic mass is 10.1. The first-order valence-corrected chi connectivity index (χ1v) is 9.44. The molecule has 0 saturated carbocycles. The van der Waals surface area contributed by atoms with Gasteiger partial charge >= 0.3 is 0 Å². The van der Waals surface area contributed by atoms with Crippen LogP contribution in [-0.4, -0.2) is 31.4 Å². The molecule has 2 amide bonds. The maximum Gasteiger partial charge on any atom is 0.259 e. The molecule has 0 aliphatic heterocycles. The van der Waals surface area contributed by atoms with Crippen molar-refractivity contribution in [3.8, 4) is 16.9 Å². The molecule has 8 nitrogen and oxygen atoms in total. The zero-order chi connectivity index (χ0) is 22.0. The fraction of sp³-hybridized carbons (Fsp3) is 0.0909. The van der Waals surface area contributed by atoms with Crippen LogP contribution in [0, 0.1) is 12.7 Å². The second-order valence-electron chi connectivity index (χ2n) is 7.03. The first kappa shape index (κ1) is 20.0. The Morgan fingerprint density at radius 1 is 1.06 bits per heavy atom. The van der Waals surface area contributed by atoms with Crippen LogP contribution in [0.4, 0.5) is 10.1 Å². The first-order chi connectivity index (χ1) is 14.9. The van der Waals surface area contributed by atoms with Crippen LogP contribution < -0.4 is 11.1 Å². The van der Waals surface area contributed by atoms with Crippen molar-refractivity contribution in [2.24, 2.45) is 5.73 Å². The first-order valence-electron chi connectivity index (χ1n) is 9.44. The van der Waals surface area contributed by atoms with Crippen molar-refractivity contribution in [3.63, 3.8) is 0 Å². The number of nitrogens with two attached hydrogens (primary N) is 1. The van der Waals surface area contributed by atoms with Crippen molar-refractivity contribution < 1.29 is 14.0 Å². The van der Waals surface area contributed by atoms with E-state index in [1.54, 1.807) is 18.3 Å². The number of halogens is 1. The van der Waals surface area contributed by atoms with Crippen LogP contribution >= 0.6 is 0 Å². The van der Waals surface area contributed by atoms with Crippen molar-refractivity contribution in [1.82, 2.24) is 19.6 Å². The predicted octanol–water partition coefficient (Wildman–Crippen LogP) is 2.92. The Balaban J connectivity index is 1.69. The summed E-state index contributed by atoms with van der Waals surface area (Å²) in [5.41, 5.74) is 8.84. The van der Waals surface area contributed by atoms with Crippen LogP contribution in [0.5, 0.6) is 0 Å². The number of anilines is 1. The summed E-state index contributed by atoms with van der Waals surface area (Å²) < 4.78 is 16.2. The lowest BCUT2D eigenvalue weighted by Crippen LogP contribution is -2.18. The van der Waals surface area contributed by atoms with E-state index in [4.69, 9.17) is 5.73 Å². The third kappa shape index (κ3) is 4.50. The molecule has 4 rings (SSSR count). The van der Waals surface area contributed by atoms with E-state index in [0.29, 0.717) is 22.6 Å². The maximum absolute atomic E-state index is 13.3. The van der Waals surface area contributed by atoms with Gasteiger partial charge in [-0.05, 0) is 31.2 Å². The van der Waals surface area contributed by atoms with Crippen LogP contribution in [0.1, 0.15) is 15.9 Å². The van der Waals surface area contributed by atoms with Crippen molar-refractivity contribution in [1.29, 1.82) is 0 Å². The van der Waals surface area contributed by atoms with Gasteiger partial charge in [-0.2, -0.15) is 10.2 Å². The third-order valence-corrected chi connectivity index (χ3v) is 4.58. The molecule has 0 spiro atoms. The molecule has 31 heavy (non-hydrogen) atoms. The van der Waals surface area contributed by atoms with E-state index in [-0.39, 0.29) is 12.4 Å². The number of hydrogen-bond acceptors (Lipinski definition) is 4. The molecular formula is C22H19FN6O2. The molecule has 3 N–H and O–H groups in total. The maximum atomic E-state index is 13.3. The van der Waals surface area contributed by atoms with Gasteiger partial charge in [-0.25, -0.2) is 9.07 Å². The Bertz CT molecular complexity index is 1240. The molecule has 2 aromatic carbocycles. The van der Waals surface area contributed by atoms with Crippen LogP contribution in [-0.2, 0) is 11.3 Å². The third-order valence-electron chi connectivity index (χ3n) is 4.58. The van der Waals surface area contributed by atoms with E-state index >= 15 is 0 Å². The highest BCUT2D eigenvalue weighted by atomic mass is 19.1. The molecule has 0 atom stereocenters. The van der Waals surface area contributed by atoms with Crippen molar-refractivity contribution in [3.05, 3.63) is 84.1 Å². The second-order valence-corrected chi connectivity index (χ2v) is 7.03. The molecule has 0 fully saturated rings. The van der Waals surface area contributed by atoms with Crippen LogP contribution in [0.25, 0.3) is 16.9 Å². The zero-order valence-corrected chi connectivity index (χ0v) is 16.6. The molecule has 0 radical (unpaired) electrons. The number of nitrogens with one attached hydrogen (secondary N) is 1. The minimum Gasteiger partial charge on any atom is -0.368 e. The molecule has 0 unspecified atom stereocenters. The summed E-state index contributed by atoms with van der Waals surface area (Å²) in [6.07, 6.45) is 4.53. The number of amides is 2. The summed E-state index contributed by atoms with van der Waals surface area (Å²) in [4.78, 5) is 24.1. The Labute approximate surface area is 177 Å². The van der Waals surface area contributed by atoms with E-state index in [0.717, 1.165) is 11.1 Å². The van der Waals surface area contributed by atoms with E-state index < -0.39 is 11.8 Å². The number of carbonyl (C=O) groups excluding carboxylic acids is 2. The zero-order valence-electron chi connectivity index (χ0n) is 16.6. The lowest BCUT2D eigenvalue weighted by molar-refractivity contribution is -0.118. The number of nitrogens with zero attached hydrogens (tertiary/aromatic N) is 4. The van der Waals surface area contributed by atoms with Gasteiger partial charge in [0, 0.05) is 18.0 Å². The van der Waals surface area contributed by atoms with E-state index in [9.17, 15) is 14.0 Å². The highest BCUT2D eigenvalue weighted by Crippen LogP contribution is 2.25. The van der Waals surface area contributed by atoms with Crippen LogP contribution in [0.3, 0.4) is 0 Å². The highest BCUT2D eigenvalue weighted by Gasteiger charge is 2.19. The summed E-state index contributed by atoms with van der Waals surface area (Å²) >= 11 is 0. The van der Waals surface area contributed by atoms with Gasteiger partial charge in [-0.1, -0.05) is 29.8 Å². The predicted molar refractivity (Wildman–Crippen MR) is 113 cm³/mol. The van der Waals surface area contributed by atoms with Crippen molar-refractivity contribution in [2.45, 2.75) is 13.5 Å². The van der Waals surface area contributed by atoms with Crippen LogP contribution in [0.15, 0.2) is 67.1 Å².